The molecule has 0 aromatic heterocycles. The molecule has 1 unspecified atom stereocenters. The van der Waals surface area contributed by atoms with E-state index in [-0.39, 0.29) is 41.5 Å². The summed E-state index contributed by atoms with van der Waals surface area (Å²) in [5.74, 6) is -0.682. The van der Waals surface area contributed by atoms with Crippen LogP contribution in [0.4, 0.5) is 4.39 Å². The number of nitrogens with zero attached hydrogens (tertiary/aromatic N) is 1. The Bertz CT molecular complexity index is 929. The monoisotopic (exact) mass is 393 g/mol. The normalized spacial score (nSPS) is 19.7. The lowest BCUT2D eigenvalue weighted by molar-refractivity contribution is -0.133. The van der Waals surface area contributed by atoms with Crippen LogP contribution < -0.4 is 0 Å². The predicted octanol–water partition coefficient (Wildman–Crippen LogP) is 4.08. The number of halogens is 1. The highest BCUT2D eigenvalue weighted by molar-refractivity contribution is 6.02. The van der Waals surface area contributed by atoms with Gasteiger partial charge in [0, 0.05) is 42.5 Å². The molecule has 1 heterocycles. The average molecular weight is 393 g/mol. The number of hydrogen-bond donors (Lipinski definition) is 0. The van der Waals surface area contributed by atoms with Gasteiger partial charge in [-0.05, 0) is 55.5 Å². The van der Waals surface area contributed by atoms with Gasteiger partial charge in [0.15, 0.2) is 11.6 Å². The minimum atomic E-state index is -0.359. The molecule has 0 N–H and O–H groups in total. The lowest BCUT2D eigenvalue weighted by Gasteiger charge is -2.33. The van der Waals surface area contributed by atoms with Crippen LogP contribution in [0.3, 0.4) is 0 Å². The van der Waals surface area contributed by atoms with E-state index in [2.05, 4.69) is 0 Å². The van der Waals surface area contributed by atoms with E-state index in [0.717, 1.165) is 17.5 Å². The molecule has 2 aliphatic rings. The van der Waals surface area contributed by atoms with Gasteiger partial charge in [0.2, 0.25) is 5.91 Å². The van der Waals surface area contributed by atoms with Gasteiger partial charge in [-0.25, -0.2) is 4.39 Å². The Hall–Kier alpha value is -2.82. The highest BCUT2D eigenvalue weighted by atomic mass is 19.1. The van der Waals surface area contributed by atoms with Crippen molar-refractivity contribution in [2.45, 2.75) is 32.1 Å². The van der Waals surface area contributed by atoms with E-state index < -0.39 is 0 Å². The first-order chi connectivity index (χ1) is 14.0. The van der Waals surface area contributed by atoms with Gasteiger partial charge in [-0.3, -0.25) is 14.4 Å². The van der Waals surface area contributed by atoms with Gasteiger partial charge >= 0.3 is 0 Å². The van der Waals surface area contributed by atoms with Crippen LogP contribution >= 0.6 is 0 Å². The summed E-state index contributed by atoms with van der Waals surface area (Å²) in [5, 5.41) is 0. The highest BCUT2D eigenvalue weighted by Crippen LogP contribution is 2.29. The van der Waals surface area contributed by atoms with E-state index in [1.165, 1.54) is 24.3 Å². The summed E-state index contributed by atoms with van der Waals surface area (Å²) in [6, 6.07) is 13.3. The lowest BCUT2D eigenvalue weighted by Crippen LogP contribution is -2.41. The van der Waals surface area contributed by atoms with E-state index in [1.54, 1.807) is 4.90 Å². The van der Waals surface area contributed by atoms with E-state index in [9.17, 15) is 18.8 Å². The molecule has 1 aliphatic heterocycles. The van der Waals surface area contributed by atoms with Crippen molar-refractivity contribution in [3.05, 3.63) is 71.0 Å². The van der Waals surface area contributed by atoms with Crippen molar-refractivity contribution < 1.29 is 18.8 Å². The third kappa shape index (κ3) is 4.14. The number of aryl methyl sites for hydroxylation is 1. The Morgan fingerprint density at radius 2 is 1.66 bits per heavy atom. The molecule has 1 saturated heterocycles. The van der Waals surface area contributed by atoms with Crippen LogP contribution in [0.25, 0.3) is 0 Å². The topological polar surface area (TPSA) is 54.5 Å². The second-order valence-corrected chi connectivity index (χ2v) is 7.99. The van der Waals surface area contributed by atoms with Crippen LogP contribution in [-0.2, 0) is 11.2 Å². The number of amides is 1. The zero-order chi connectivity index (χ0) is 20.4. The Balaban J connectivity index is 1.32. The van der Waals surface area contributed by atoms with Gasteiger partial charge in [-0.1, -0.05) is 24.3 Å². The van der Waals surface area contributed by atoms with Gasteiger partial charge in [-0.15, -0.1) is 0 Å². The number of piperidine rings is 1. The summed E-state index contributed by atoms with van der Waals surface area (Å²) in [6.45, 7) is 1.04. The molecule has 0 bridgehead atoms. The van der Waals surface area contributed by atoms with Crippen molar-refractivity contribution in [2.24, 2.45) is 11.8 Å². The number of carbonyl (C=O) groups is 3. The highest BCUT2D eigenvalue weighted by Gasteiger charge is 2.32. The Kier molecular flexibility index (Phi) is 5.56. The number of carbonyl (C=O) groups excluding carboxylic acids is 3. The molecule has 1 amide bonds. The molecule has 29 heavy (non-hydrogen) atoms. The van der Waals surface area contributed by atoms with Crippen LogP contribution in [-0.4, -0.2) is 35.5 Å². The summed E-state index contributed by atoms with van der Waals surface area (Å²) in [6.07, 6.45) is 2.98. The molecule has 1 fully saturated rings. The lowest BCUT2D eigenvalue weighted by atomic mass is 9.80. The van der Waals surface area contributed by atoms with Crippen LogP contribution in [0.2, 0.25) is 0 Å². The van der Waals surface area contributed by atoms with Crippen LogP contribution in [0.5, 0.6) is 0 Å². The van der Waals surface area contributed by atoms with Gasteiger partial charge in [0.1, 0.15) is 5.82 Å². The smallest absolute Gasteiger partial charge is 0.223 e. The van der Waals surface area contributed by atoms with Gasteiger partial charge in [0.05, 0.1) is 0 Å². The quantitative estimate of drug-likeness (QED) is 0.736. The molecule has 1 aliphatic carbocycles. The molecule has 2 aromatic rings. The summed E-state index contributed by atoms with van der Waals surface area (Å²) in [4.78, 5) is 39.8. The second-order valence-electron chi connectivity index (χ2n) is 7.99. The first-order valence-corrected chi connectivity index (χ1v) is 10.2. The first kappa shape index (κ1) is 19.5. The summed E-state index contributed by atoms with van der Waals surface area (Å²) < 4.78 is 13.1. The molecule has 5 heteroatoms. The van der Waals surface area contributed by atoms with Crippen molar-refractivity contribution in [1.82, 2.24) is 4.90 Å². The van der Waals surface area contributed by atoms with E-state index in [1.807, 2.05) is 24.3 Å². The summed E-state index contributed by atoms with van der Waals surface area (Å²) in [7, 11) is 0. The maximum Gasteiger partial charge on any atom is 0.223 e. The summed E-state index contributed by atoms with van der Waals surface area (Å²) in [5.41, 5.74) is 2.34. The number of likely N-dealkylation sites (tertiary alicyclic amines) is 1. The van der Waals surface area contributed by atoms with Crippen molar-refractivity contribution in [3.63, 3.8) is 0 Å². The van der Waals surface area contributed by atoms with Gasteiger partial charge < -0.3 is 4.90 Å². The van der Waals surface area contributed by atoms with Crippen molar-refractivity contribution in [3.8, 4) is 0 Å². The third-order valence-electron chi connectivity index (χ3n) is 6.18. The fourth-order valence-electron chi connectivity index (χ4n) is 4.44. The van der Waals surface area contributed by atoms with Crippen LogP contribution in [0, 0.1) is 17.7 Å². The van der Waals surface area contributed by atoms with E-state index >= 15 is 0 Å². The average Bonchev–Trinajstić information content (AvgIpc) is 2.76. The zero-order valence-electron chi connectivity index (χ0n) is 16.3. The Morgan fingerprint density at radius 3 is 2.38 bits per heavy atom. The minimum absolute atomic E-state index is 0.00425. The first-order valence-electron chi connectivity index (χ1n) is 10.2. The zero-order valence-corrected chi connectivity index (χ0v) is 16.3. The molecule has 0 spiro atoms. The molecule has 0 radical (unpaired) electrons. The third-order valence-corrected chi connectivity index (χ3v) is 6.18. The minimum Gasteiger partial charge on any atom is -0.343 e. The maximum atomic E-state index is 13.1. The fourth-order valence-corrected chi connectivity index (χ4v) is 4.44. The fraction of sp³-hybridized carbons (Fsp3) is 0.375. The molecule has 4 nitrogen and oxygen atoms in total. The number of fused-ring (bicyclic) bond motifs is 1. The number of ketones is 2. The number of Topliss-reactive ketones (excluding diaryl/α,β-unsaturated/α-hetero) is 2. The van der Waals surface area contributed by atoms with Crippen molar-refractivity contribution >= 4 is 17.5 Å². The SMILES string of the molecule is O=C(c1ccc(F)cc1)C1CCN(C(=O)CC2CCc3ccccc3C2=O)CC1. The standard InChI is InChI=1S/C24H24FNO3/c25-20-9-7-17(8-10-20)23(28)18-11-13-26(14-12-18)22(27)15-19-6-5-16-3-1-2-4-21(16)24(19)29/h1-4,7-10,18-19H,5-6,11-15H2. The van der Waals surface area contributed by atoms with E-state index in [4.69, 9.17) is 0 Å². The van der Waals surface area contributed by atoms with Gasteiger partial charge in [-0.2, -0.15) is 0 Å². The molecular weight excluding hydrogens is 369 g/mol. The van der Waals surface area contributed by atoms with Crippen LogP contribution in [0.1, 0.15) is 52.0 Å². The largest absolute Gasteiger partial charge is 0.343 e. The van der Waals surface area contributed by atoms with Crippen molar-refractivity contribution in [1.29, 1.82) is 0 Å². The molecule has 4 rings (SSSR count). The Morgan fingerprint density at radius 1 is 0.966 bits per heavy atom. The molecule has 0 saturated carbocycles. The molecule has 150 valence electrons. The number of benzene rings is 2. The number of hydrogen-bond acceptors (Lipinski definition) is 3. The van der Waals surface area contributed by atoms with E-state index in [0.29, 0.717) is 37.9 Å². The van der Waals surface area contributed by atoms with Crippen molar-refractivity contribution in [2.75, 3.05) is 13.1 Å². The second kappa shape index (κ2) is 8.27. The molecule has 2 aromatic carbocycles. The molecule has 1 atom stereocenters. The van der Waals surface area contributed by atoms with Gasteiger partial charge in [0.25, 0.3) is 0 Å². The predicted molar refractivity (Wildman–Crippen MR) is 107 cm³/mol. The maximum absolute atomic E-state index is 13.1. The summed E-state index contributed by atoms with van der Waals surface area (Å²) >= 11 is 0. The molecular formula is C24H24FNO3. The van der Waals surface area contributed by atoms with Crippen LogP contribution in [0.15, 0.2) is 48.5 Å². The Labute approximate surface area is 169 Å². The number of rotatable bonds is 4.